The van der Waals surface area contributed by atoms with Gasteiger partial charge in [0.05, 0.1) is 6.26 Å². The zero-order valence-corrected chi connectivity index (χ0v) is 10.1. The Kier molecular flexibility index (Phi) is 4.08. The summed E-state index contributed by atoms with van der Waals surface area (Å²) in [5.41, 5.74) is 0.404. The van der Waals surface area contributed by atoms with E-state index in [9.17, 15) is 13.2 Å². The molecule has 0 saturated carbocycles. The summed E-state index contributed by atoms with van der Waals surface area (Å²) in [6.07, 6.45) is -0.155. The van der Waals surface area contributed by atoms with Gasteiger partial charge in [-0.15, -0.1) is 0 Å². The number of aliphatic carboxylic acids is 1. The summed E-state index contributed by atoms with van der Waals surface area (Å²) in [5, 5.41) is 8.83. The van der Waals surface area contributed by atoms with Crippen molar-refractivity contribution in [1.29, 1.82) is 0 Å². The van der Waals surface area contributed by atoms with E-state index < -0.39 is 22.2 Å². The Labute approximate surface area is 98.9 Å². The zero-order chi connectivity index (χ0) is 13.1. The van der Waals surface area contributed by atoms with Crippen molar-refractivity contribution in [1.82, 2.24) is 0 Å². The number of carboxylic acid groups (broad SMARTS) is 1. The molecule has 0 saturated heterocycles. The summed E-state index contributed by atoms with van der Waals surface area (Å²) >= 11 is 0. The van der Waals surface area contributed by atoms with Gasteiger partial charge in [-0.3, -0.25) is 0 Å². The number of carbonyl (C=O) groups is 1. The van der Waals surface area contributed by atoms with Crippen LogP contribution in [0.5, 0.6) is 5.75 Å². The van der Waals surface area contributed by atoms with Crippen LogP contribution >= 0.6 is 0 Å². The van der Waals surface area contributed by atoms with Crippen molar-refractivity contribution in [3.05, 3.63) is 29.8 Å². The third kappa shape index (κ3) is 4.04. The minimum Gasteiger partial charge on any atom is -0.479 e. The Bertz CT molecular complexity index is 490. The quantitative estimate of drug-likeness (QED) is 0.787. The lowest BCUT2D eigenvalue weighted by Gasteiger charge is -2.11. The molecule has 1 rings (SSSR count). The molecule has 7 heteroatoms. The Morgan fingerprint density at radius 2 is 1.82 bits per heavy atom. The Morgan fingerprint density at radius 1 is 1.29 bits per heavy atom. The lowest BCUT2D eigenvalue weighted by Crippen LogP contribution is -2.13. The smallest absolute Gasteiger partial charge is 0.337 e. The molecule has 0 aliphatic carbocycles. The van der Waals surface area contributed by atoms with E-state index in [0.717, 1.165) is 6.26 Å². The van der Waals surface area contributed by atoms with Gasteiger partial charge in [0.25, 0.3) is 0 Å². The molecule has 6 nitrogen and oxygen atoms in total. The van der Waals surface area contributed by atoms with Gasteiger partial charge in [-0.2, -0.15) is 8.42 Å². The molecule has 1 atom stereocenters. The first-order chi connectivity index (χ1) is 7.83. The SMILES string of the molecule is COC(C(=O)O)c1ccc(OS(C)(=O)=O)cc1. The fourth-order valence-electron chi connectivity index (χ4n) is 1.25. The van der Waals surface area contributed by atoms with Gasteiger partial charge in [0.1, 0.15) is 5.75 Å². The highest BCUT2D eigenvalue weighted by molar-refractivity contribution is 7.86. The summed E-state index contributed by atoms with van der Waals surface area (Å²) in [7, 11) is -2.30. The highest BCUT2D eigenvalue weighted by Crippen LogP contribution is 2.21. The third-order valence-electron chi connectivity index (χ3n) is 1.89. The second kappa shape index (κ2) is 5.15. The standard InChI is InChI=1S/C10H12O6S/c1-15-9(10(11)12)7-3-5-8(6-4-7)16-17(2,13)14/h3-6,9H,1-2H3,(H,11,12). The van der Waals surface area contributed by atoms with Crippen LogP contribution < -0.4 is 4.18 Å². The van der Waals surface area contributed by atoms with Crippen LogP contribution in [-0.4, -0.2) is 32.9 Å². The second-order valence-corrected chi connectivity index (χ2v) is 4.89. The van der Waals surface area contributed by atoms with Crippen LogP contribution in [0, 0.1) is 0 Å². The average Bonchev–Trinajstić information content (AvgIpc) is 2.18. The van der Waals surface area contributed by atoms with E-state index in [2.05, 4.69) is 4.18 Å². The highest BCUT2D eigenvalue weighted by atomic mass is 32.2. The van der Waals surface area contributed by atoms with Crippen molar-refractivity contribution in [3.8, 4) is 5.75 Å². The van der Waals surface area contributed by atoms with Crippen LogP contribution in [0.25, 0.3) is 0 Å². The van der Waals surface area contributed by atoms with E-state index in [0.29, 0.717) is 5.56 Å². The van der Waals surface area contributed by atoms with Crippen molar-refractivity contribution in [3.63, 3.8) is 0 Å². The Hall–Kier alpha value is -1.60. The van der Waals surface area contributed by atoms with Gasteiger partial charge in [-0.05, 0) is 17.7 Å². The first-order valence-electron chi connectivity index (χ1n) is 4.58. The van der Waals surface area contributed by atoms with Crippen molar-refractivity contribution in [2.45, 2.75) is 6.10 Å². The van der Waals surface area contributed by atoms with Crippen LogP contribution in [-0.2, 0) is 19.6 Å². The van der Waals surface area contributed by atoms with Gasteiger partial charge in [-0.1, -0.05) is 12.1 Å². The first kappa shape index (κ1) is 13.5. The maximum absolute atomic E-state index is 10.8. The summed E-state index contributed by atoms with van der Waals surface area (Å²) in [5.74, 6) is -0.999. The molecule has 0 amide bonds. The van der Waals surface area contributed by atoms with Crippen molar-refractivity contribution < 1.29 is 27.2 Å². The monoisotopic (exact) mass is 260 g/mol. The molecule has 0 spiro atoms. The summed E-state index contributed by atoms with van der Waals surface area (Å²) in [4.78, 5) is 10.8. The molecule has 0 aliphatic rings. The van der Waals surface area contributed by atoms with E-state index in [1.165, 1.54) is 31.4 Å². The molecule has 0 fully saturated rings. The van der Waals surface area contributed by atoms with E-state index in [1.54, 1.807) is 0 Å². The topological polar surface area (TPSA) is 89.9 Å². The number of carboxylic acids is 1. The third-order valence-corrected chi connectivity index (χ3v) is 2.39. The molecule has 0 heterocycles. The molecule has 1 unspecified atom stereocenters. The molecule has 0 bridgehead atoms. The van der Waals surface area contributed by atoms with Gasteiger partial charge in [0.2, 0.25) is 0 Å². The second-order valence-electron chi connectivity index (χ2n) is 3.31. The highest BCUT2D eigenvalue weighted by Gasteiger charge is 2.18. The molecule has 0 radical (unpaired) electrons. The van der Waals surface area contributed by atoms with Crippen molar-refractivity contribution in [2.24, 2.45) is 0 Å². The van der Waals surface area contributed by atoms with Gasteiger partial charge < -0.3 is 14.0 Å². The maximum Gasteiger partial charge on any atom is 0.337 e. The molecule has 1 aromatic carbocycles. The summed E-state index contributed by atoms with van der Waals surface area (Å²) in [6.45, 7) is 0. The lowest BCUT2D eigenvalue weighted by atomic mass is 10.1. The number of rotatable bonds is 5. The molecule has 94 valence electrons. The molecule has 0 aliphatic heterocycles. The molecular formula is C10H12O6S. The minimum atomic E-state index is -3.58. The van der Waals surface area contributed by atoms with Crippen molar-refractivity contribution >= 4 is 16.1 Å². The molecular weight excluding hydrogens is 248 g/mol. The molecule has 1 N–H and O–H groups in total. The maximum atomic E-state index is 10.8. The van der Waals surface area contributed by atoms with E-state index in [-0.39, 0.29) is 5.75 Å². The summed E-state index contributed by atoms with van der Waals surface area (Å²) in [6, 6.07) is 5.60. The summed E-state index contributed by atoms with van der Waals surface area (Å²) < 4.78 is 31.1. The van der Waals surface area contributed by atoms with Gasteiger partial charge in [-0.25, -0.2) is 4.79 Å². The number of hydrogen-bond acceptors (Lipinski definition) is 5. The number of hydrogen-bond donors (Lipinski definition) is 1. The van der Waals surface area contributed by atoms with E-state index in [1.807, 2.05) is 0 Å². The molecule has 0 aromatic heterocycles. The van der Waals surface area contributed by atoms with Gasteiger partial charge in [0, 0.05) is 7.11 Å². The van der Waals surface area contributed by atoms with E-state index in [4.69, 9.17) is 9.84 Å². The van der Waals surface area contributed by atoms with Crippen LogP contribution in [0.15, 0.2) is 24.3 Å². The van der Waals surface area contributed by atoms with Crippen LogP contribution in [0.3, 0.4) is 0 Å². The molecule has 1 aromatic rings. The predicted molar refractivity (Wildman–Crippen MR) is 59.3 cm³/mol. The average molecular weight is 260 g/mol. The largest absolute Gasteiger partial charge is 0.479 e. The first-order valence-corrected chi connectivity index (χ1v) is 6.40. The van der Waals surface area contributed by atoms with Gasteiger partial charge in [0.15, 0.2) is 6.10 Å². The van der Waals surface area contributed by atoms with Gasteiger partial charge >= 0.3 is 16.1 Å². The van der Waals surface area contributed by atoms with Crippen LogP contribution in [0.4, 0.5) is 0 Å². The lowest BCUT2D eigenvalue weighted by molar-refractivity contribution is -0.148. The normalized spacial score (nSPS) is 13.1. The fourth-order valence-corrected chi connectivity index (χ4v) is 1.71. The van der Waals surface area contributed by atoms with E-state index >= 15 is 0 Å². The zero-order valence-electron chi connectivity index (χ0n) is 9.28. The predicted octanol–water partition coefficient (Wildman–Crippen LogP) is 0.797. The number of ether oxygens (including phenoxy) is 1. The molecule has 17 heavy (non-hydrogen) atoms. The number of benzene rings is 1. The van der Waals surface area contributed by atoms with Crippen LogP contribution in [0.1, 0.15) is 11.7 Å². The Morgan fingerprint density at radius 3 is 2.18 bits per heavy atom. The van der Waals surface area contributed by atoms with Crippen molar-refractivity contribution in [2.75, 3.05) is 13.4 Å². The van der Waals surface area contributed by atoms with Crippen LogP contribution in [0.2, 0.25) is 0 Å². The number of methoxy groups -OCH3 is 1. The Balaban J connectivity index is 2.91. The minimum absolute atomic E-state index is 0.122. The fraction of sp³-hybridized carbons (Fsp3) is 0.300.